The maximum atomic E-state index is 12.5. The van der Waals surface area contributed by atoms with Crippen LogP contribution in [-0.2, 0) is 9.84 Å². The summed E-state index contributed by atoms with van der Waals surface area (Å²) in [6.45, 7) is 8.21. The Morgan fingerprint density at radius 3 is 2.59 bits per heavy atom. The predicted octanol–water partition coefficient (Wildman–Crippen LogP) is 4.80. The molecule has 39 heavy (non-hydrogen) atoms. The number of anilines is 4. The normalized spacial score (nSPS) is 18.4. The molecule has 204 valence electrons. The quantitative estimate of drug-likeness (QED) is 0.363. The SMILES string of the molecule is Cc1cc2c(cc1C1CCN(C)CC1)OC(C)N2c1nc(Nc2ccccc2S(C)(=O)=O)c2c(C)[nH]nc2n1. The molecule has 2 aromatic heterocycles. The highest BCUT2D eigenvalue weighted by molar-refractivity contribution is 7.90. The first-order valence-corrected chi connectivity index (χ1v) is 15.1. The molecular formula is C28H33N7O3S. The van der Waals surface area contributed by atoms with E-state index in [4.69, 9.17) is 14.7 Å². The minimum absolute atomic E-state index is 0.194. The van der Waals surface area contributed by atoms with Crippen molar-refractivity contribution < 1.29 is 13.2 Å². The number of para-hydroxylation sites is 1. The Morgan fingerprint density at radius 2 is 1.85 bits per heavy atom. The second kappa shape index (κ2) is 9.49. The molecule has 4 aromatic rings. The Labute approximate surface area is 228 Å². The van der Waals surface area contributed by atoms with E-state index in [1.54, 1.807) is 24.3 Å². The molecular weight excluding hydrogens is 514 g/mol. The number of H-pyrrole nitrogens is 1. The van der Waals surface area contributed by atoms with Crippen LogP contribution in [0.1, 0.15) is 42.5 Å². The minimum atomic E-state index is -3.46. The number of piperidine rings is 1. The van der Waals surface area contributed by atoms with Gasteiger partial charge in [-0.05, 0) is 95.1 Å². The molecule has 1 atom stereocenters. The third-order valence-corrected chi connectivity index (χ3v) is 8.92. The van der Waals surface area contributed by atoms with Crippen molar-refractivity contribution >= 4 is 44.0 Å². The van der Waals surface area contributed by atoms with Gasteiger partial charge in [-0.2, -0.15) is 15.1 Å². The highest BCUT2D eigenvalue weighted by Crippen LogP contribution is 2.45. The van der Waals surface area contributed by atoms with E-state index in [0.717, 1.165) is 43.1 Å². The van der Waals surface area contributed by atoms with Crippen molar-refractivity contribution in [2.45, 2.75) is 50.7 Å². The molecule has 0 amide bonds. The number of benzene rings is 2. The Balaban J connectivity index is 1.42. The minimum Gasteiger partial charge on any atom is -0.468 e. The van der Waals surface area contributed by atoms with Crippen molar-refractivity contribution in [3.63, 3.8) is 0 Å². The van der Waals surface area contributed by atoms with Gasteiger partial charge in [0.05, 0.1) is 21.7 Å². The van der Waals surface area contributed by atoms with Gasteiger partial charge in [-0.15, -0.1) is 0 Å². The van der Waals surface area contributed by atoms with Gasteiger partial charge < -0.3 is 15.0 Å². The third kappa shape index (κ3) is 4.59. The van der Waals surface area contributed by atoms with Crippen LogP contribution in [0.3, 0.4) is 0 Å². The van der Waals surface area contributed by atoms with E-state index >= 15 is 0 Å². The van der Waals surface area contributed by atoms with Crippen LogP contribution in [0.15, 0.2) is 41.3 Å². The van der Waals surface area contributed by atoms with E-state index in [-0.39, 0.29) is 11.1 Å². The molecule has 0 bridgehead atoms. The van der Waals surface area contributed by atoms with Crippen molar-refractivity contribution in [1.29, 1.82) is 0 Å². The van der Waals surface area contributed by atoms with Gasteiger partial charge in [0, 0.05) is 11.9 Å². The fourth-order valence-corrected chi connectivity index (χ4v) is 6.55. The number of aromatic nitrogens is 4. The largest absolute Gasteiger partial charge is 0.468 e. The molecule has 0 saturated carbocycles. The first kappa shape index (κ1) is 25.6. The highest BCUT2D eigenvalue weighted by atomic mass is 32.2. The van der Waals surface area contributed by atoms with E-state index in [9.17, 15) is 8.42 Å². The molecule has 2 aromatic carbocycles. The van der Waals surface area contributed by atoms with Gasteiger partial charge >= 0.3 is 0 Å². The lowest BCUT2D eigenvalue weighted by molar-refractivity contribution is 0.249. The Morgan fingerprint density at radius 1 is 1.10 bits per heavy atom. The number of sulfone groups is 1. The number of nitrogens with zero attached hydrogens (tertiary/aromatic N) is 5. The number of rotatable bonds is 5. The summed E-state index contributed by atoms with van der Waals surface area (Å²) >= 11 is 0. The zero-order chi connectivity index (χ0) is 27.5. The first-order chi connectivity index (χ1) is 18.6. The lowest BCUT2D eigenvalue weighted by Gasteiger charge is -2.30. The summed E-state index contributed by atoms with van der Waals surface area (Å²) in [5.41, 5.74) is 5.18. The average molecular weight is 548 g/mol. The predicted molar refractivity (Wildman–Crippen MR) is 152 cm³/mol. The number of likely N-dealkylation sites (tertiary alicyclic amines) is 1. The van der Waals surface area contributed by atoms with E-state index in [0.29, 0.717) is 34.4 Å². The summed E-state index contributed by atoms with van der Waals surface area (Å²) < 4.78 is 31.2. The Kier molecular flexibility index (Phi) is 6.22. The maximum absolute atomic E-state index is 12.5. The van der Waals surface area contributed by atoms with Crippen molar-refractivity contribution in [1.82, 2.24) is 25.1 Å². The summed E-state index contributed by atoms with van der Waals surface area (Å²) in [6.07, 6.45) is 3.13. The topological polar surface area (TPSA) is 116 Å². The molecule has 0 aliphatic carbocycles. The number of aromatic amines is 1. The van der Waals surface area contributed by atoms with Crippen LogP contribution in [-0.4, -0.2) is 66.1 Å². The molecule has 1 saturated heterocycles. The molecule has 10 nitrogen and oxygen atoms in total. The second-order valence-corrected chi connectivity index (χ2v) is 12.6. The summed E-state index contributed by atoms with van der Waals surface area (Å²) in [7, 11) is -1.29. The van der Waals surface area contributed by atoms with Gasteiger partial charge in [0.25, 0.3) is 0 Å². The molecule has 2 aliphatic rings. The van der Waals surface area contributed by atoms with Crippen molar-refractivity contribution in [2.75, 3.05) is 36.6 Å². The van der Waals surface area contributed by atoms with Crippen molar-refractivity contribution in [2.24, 2.45) is 0 Å². The van der Waals surface area contributed by atoms with Gasteiger partial charge in [0.1, 0.15) is 11.6 Å². The van der Waals surface area contributed by atoms with Gasteiger partial charge in [-0.1, -0.05) is 12.1 Å². The molecule has 2 N–H and O–H groups in total. The van der Waals surface area contributed by atoms with Gasteiger partial charge in [-0.3, -0.25) is 10.00 Å². The Hall–Kier alpha value is -3.70. The molecule has 0 radical (unpaired) electrons. The lowest BCUT2D eigenvalue weighted by atomic mass is 9.86. The van der Waals surface area contributed by atoms with E-state index in [1.165, 1.54) is 17.4 Å². The maximum Gasteiger partial charge on any atom is 0.237 e. The van der Waals surface area contributed by atoms with Crippen LogP contribution in [0.4, 0.5) is 23.1 Å². The second-order valence-electron chi connectivity index (χ2n) is 10.7. The summed E-state index contributed by atoms with van der Waals surface area (Å²) in [6, 6.07) is 11.2. The fraction of sp³-hybridized carbons (Fsp3) is 0.393. The molecule has 11 heteroatoms. The van der Waals surface area contributed by atoms with Crippen molar-refractivity contribution in [3.8, 4) is 5.75 Å². The number of nitrogens with one attached hydrogen (secondary N) is 2. The molecule has 4 heterocycles. The zero-order valence-corrected chi connectivity index (χ0v) is 23.6. The number of ether oxygens (including phenoxy) is 1. The summed E-state index contributed by atoms with van der Waals surface area (Å²) in [4.78, 5) is 14.2. The fourth-order valence-electron chi connectivity index (χ4n) is 5.71. The summed E-state index contributed by atoms with van der Waals surface area (Å²) in [5, 5.41) is 11.3. The van der Waals surface area contributed by atoms with Gasteiger partial charge in [0.2, 0.25) is 5.95 Å². The lowest BCUT2D eigenvalue weighted by Crippen LogP contribution is -2.29. The van der Waals surface area contributed by atoms with E-state index in [1.807, 2.05) is 18.7 Å². The number of aryl methyl sites for hydroxylation is 2. The smallest absolute Gasteiger partial charge is 0.237 e. The highest BCUT2D eigenvalue weighted by Gasteiger charge is 2.34. The Bertz CT molecular complexity index is 1680. The summed E-state index contributed by atoms with van der Waals surface area (Å²) in [5.74, 6) is 2.23. The van der Waals surface area contributed by atoms with Crippen LogP contribution in [0.2, 0.25) is 0 Å². The molecule has 0 spiro atoms. The molecule has 1 fully saturated rings. The van der Waals surface area contributed by atoms with Crippen LogP contribution in [0.5, 0.6) is 5.75 Å². The van der Waals surface area contributed by atoms with Gasteiger partial charge in [-0.25, -0.2) is 8.42 Å². The van der Waals surface area contributed by atoms with Gasteiger partial charge in [0.15, 0.2) is 21.7 Å². The standard InChI is InChI=1S/C28H33N7O3S/c1-16-14-22-23(15-20(16)19-10-12-34(4)13-11-19)38-18(3)35(22)28-30-26(25-17(2)32-33-27(25)31-28)29-21-8-6-7-9-24(21)39(5,36)37/h6-9,14-15,18-19H,10-13H2,1-5H3,(H2,29,30,31,32,33). The van der Waals surface area contributed by atoms with E-state index < -0.39 is 9.84 Å². The third-order valence-electron chi connectivity index (χ3n) is 7.76. The number of hydrogen-bond acceptors (Lipinski definition) is 9. The van der Waals surface area contributed by atoms with E-state index in [2.05, 4.69) is 46.5 Å². The molecule has 2 aliphatic heterocycles. The van der Waals surface area contributed by atoms with Crippen molar-refractivity contribution in [3.05, 3.63) is 53.2 Å². The van der Waals surface area contributed by atoms with Crippen LogP contribution in [0.25, 0.3) is 11.0 Å². The van der Waals surface area contributed by atoms with Crippen LogP contribution < -0.4 is 15.0 Å². The monoisotopic (exact) mass is 547 g/mol. The zero-order valence-electron chi connectivity index (χ0n) is 22.8. The molecule has 1 unspecified atom stereocenters. The van der Waals surface area contributed by atoms with Crippen LogP contribution in [0, 0.1) is 13.8 Å². The van der Waals surface area contributed by atoms with Crippen LogP contribution >= 0.6 is 0 Å². The number of fused-ring (bicyclic) bond motifs is 2. The first-order valence-electron chi connectivity index (χ1n) is 13.2. The average Bonchev–Trinajstić information content (AvgIpc) is 3.42. The molecule has 6 rings (SSSR count). The number of hydrogen-bond donors (Lipinski definition) is 2.